The summed E-state index contributed by atoms with van der Waals surface area (Å²) in [6.07, 6.45) is 4.56. The van der Waals surface area contributed by atoms with Crippen molar-refractivity contribution in [3.8, 4) is 0 Å². The molecule has 0 bridgehead atoms. The van der Waals surface area contributed by atoms with Gasteiger partial charge in [0.1, 0.15) is 0 Å². The van der Waals surface area contributed by atoms with Crippen LogP contribution in [0.5, 0.6) is 0 Å². The van der Waals surface area contributed by atoms with E-state index in [0.29, 0.717) is 29.7 Å². The molecule has 0 saturated heterocycles. The molecule has 2 rings (SSSR count). The lowest BCUT2D eigenvalue weighted by atomic mass is 9.84. The maximum absolute atomic E-state index is 12.5. The van der Waals surface area contributed by atoms with Gasteiger partial charge in [0.05, 0.1) is 0 Å². The van der Waals surface area contributed by atoms with Gasteiger partial charge in [-0.2, -0.15) is 3.89 Å². The quantitative estimate of drug-likeness (QED) is 0.475. The zero-order valence-electron chi connectivity index (χ0n) is 16.4. The molecule has 0 N–H and O–H groups in total. The molecule has 0 aliphatic carbocycles. The summed E-state index contributed by atoms with van der Waals surface area (Å²) in [6, 6.07) is 4.77. The third-order valence-corrected chi connectivity index (χ3v) is 6.25. The molecule has 1 nitrogen and oxygen atoms in total. The van der Waals surface area contributed by atoms with Crippen LogP contribution in [0.25, 0.3) is 0 Å². The number of rotatable bonds is 9. The van der Waals surface area contributed by atoms with Gasteiger partial charge in [-0.3, -0.25) is 4.90 Å². The molecule has 1 aliphatic heterocycles. The summed E-state index contributed by atoms with van der Waals surface area (Å²) in [7, 11) is 0. The second-order valence-corrected chi connectivity index (χ2v) is 8.43. The van der Waals surface area contributed by atoms with Gasteiger partial charge in [0.15, 0.2) is 0 Å². The smallest absolute Gasteiger partial charge is 0.0487 e. The van der Waals surface area contributed by atoms with Crippen LogP contribution in [0.4, 0.5) is 3.89 Å². The highest BCUT2D eigenvalue weighted by molar-refractivity contribution is 7.94. The molecule has 1 heterocycles. The second-order valence-electron chi connectivity index (χ2n) is 7.92. The summed E-state index contributed by atoms with van der Waals surface area (Å²) in [5.41, 5.74) is 6.90. The van der Waals surface area contributed by atoms with Gasteiger partial charge in [-0.25, -0.2) is 0 Å². The van der Waals surface area contributed by atoms with E-state index in [1.807, 2.05) is 0 Å². The van der Waals surface area contributed by atoms with Gasteiger partial charge >= 0.3 is 0 Å². The van der Waals surface area contributed by atoms with Gasteiger partial charge in [-0.15, -0.1) is 0 Å². The summed E-state index contributed by atoms with van der Waals surface area (Å²) in [6.45, 7) is 16.4. The first-order chi connectivity index (χ1) is 11.9. The van der Waals surface area contributed by atoms with Crippen molar-refractivity contribution >= 4 is 12.1 Å². The molecular formula is C22H34FNS. The van der Waals surface area contributed by atoms with E-state index in [-0.39, 0.29) is 0 Å². The van der Waals surface area contributed by atoms with Crippen LogP contribution >= 0.6 is 12.1 Å². The van der Waals surface area contributed by atoms with Gasteiger partial charge < -0.3 is 0 Å². The molecule has 0 amide bonds. The molecule has 3 heteroatoms. The number of fused-ring (bicyclic) bond motifs is 1. The predicted octanol–water partition coefficient (Wildman–Crippen LogP) is 6.28. The van der Waals surface area contributed by atoms with Crippen LogP contribution in [0, 0.1) is 25.7 Å². The van der Waals surface area contributed by atoms with Gasteiger partial charge in [-0.05, 0) is 67.2 Å². The van der Waals surface area contributed by atoms with E-state index < -0.39 is 0 Å². The van der Waals surface area contributed by atoms with Crippen molar-refractivity contribution < 1.29 is 3.89 Å². The molecule has 0 aromatic heterocycles. The first-order valence-electron chi connectivity index (χ1n) is 9.66. The molecule has 2 atom stereocenters. The lowest BCUT2D eigenvalue weighted by Gasteiger charge is -2.34. The van der Waals surface area contributed by atoms with Gasteiger partial charge in [0, 0.05) is 37.5 Å². The number of hydrogen-bond acceptors (Lipinski definition) is 2. The minimum Gasteiger partial charge on any atom is -0.298 e. The molecule has 0 unspecified atom stereocenters. The Morgan fingerprint density at radius 3 is 2.60 bits per heavy atom. The molecule has 0 fully saturated rings. The highest BCUT2D eigenvalue weighted by Crippen LogP contribution is 2.29. The Bertz CT molecular complexity index is 584. The Kier molecular flexibility index (Phi) is 8.02. The minimum atomic E-state index is 0.397. The van der Waals surface area contributed by atoms with Crippen molar-refractivity contribution in [3.63, 3.8) is 0 Å². The Balaban J connectivity index is 1.99. The molecule has 0 saturated carbocycles. The zero-order chi connectivity index (χ0) is 18.4. The van der Waals surface area contributed by atoms with Crippen LogP contribution in [0.1, 0.15) is 55.4 Å². The monoisotopic (exact) mass is 363 g/mol. The SMILES string of the molecule is C=C(CSF)C[C@@H](C)[C@H](CCC)CN1CCc2cc(C)c(C)cc2C1. The summed E-state index contributed by atoms with van der Waals surface area (Å²) < 4.78 is 12.5. The maximum atomic E-state index is 12.5. The van der Waals surface area contributed by atoms with Crippen LogP contribution in [0.3, 0.4) is 0 Å². The first kappa shape index (κ1) is 20.5. The van der Waals surface area contributed by atoms with Crippen LogP contribution in [-0.4, -0.2) is 23.7 Å². The van der Waals surface area contributed by atoms with Gasteiger partial charge in [0.25, 0.3) is 0 Å². The van der Waals surface area contributed by atoms with Crippen LogP contribution in [0.2, 0.25) is 0 Å². The van der Waals surface area contributed by atoms with Crippen molar-refractivity contribution in [2.75, 3.05) is 18.8 Å². The molecule has 0 spiro atoms. The third-order valence-electron chi connectivity index (χ3n) is 5.73. The highest BCUT2D eigenvalue weighted by Gasteiger charge is 2.23. The minimum absolute atomic E-state index is 0.397. The summed E-state index contributed by atoms with van der Waals surface area (Å²) in [5, 5.41) is 0. The van der Waals surface area contributed by atoms with E-state index in [0.717, 1.165) is 38.0 Å². The largest absolute Gasteiger partial charge is 0.298 e. The Labute approximate surface area is 158 Å². The van der Waals surface area contributed by atoms with E-state index in [1.54, 1.807) is 0 Å². The molecule has 140 valence electrons. The fourth-order valence-corrected chi connectivity index (χ4v) is 4.36. The first-order valence-corrected chi connectivity index (χ1v) is 10.5. The Morgan fingerprint density at radius 1 is 1.28 bits per heavy atom. The van der Waals surface area contributed by atoms with Crippen molar-refractivity contribution in [2.45, 2.75) is 59.9 Å². The number of halogens is 1. The van der Waals surface area contributed by atoms with Crippen molar-refractivity contribution in [1.82, 2.24) is 4.90 Å². The van der Waals surface area contributed by atoms with E-state index in [4.69, 9.17) is 0 Å². The van der Waals surface area contributed by atoms with E-state index >= 15 is 0 Å². The summed E-state index contributed by atoms with van der Waals surface area (Å²) >= 11 is 0.397. The Morgan fingerprint density at radius 2 is 1.96 bits per heavy atom. The lowest BCUT2D eigenvalue weighted by Crippen LogP contribution is -2.36. The Hall–Kier alpha value is -0.800. The average molecular weight is 364 g/mol. The molecule has 1 aliphatic rings. The van der Waals surface area contributed by atoms with Crippen LogP contribution in [0.15, 0.2) is 24.3 Å². The molecule has 0 radical (unpaired) electrons. The predicted molar refractivity (Wildman–Crippen MR) is 110 cm³/mol. The van der Waals surface area contributed by atoms with Gasteiger partial charge in [-0.1, -0.05) is 44.6 Å². The standard InChI is InChI=1S/C22H34FNS/c1-6-7-21(19(5)10-16(2)15-25-23)13-24-9-8-20-11-17(3)18(4)12-22(20)14-24/h11-12,19,21H,2,6-10,13-15H2,1,3-5H3/t19-,21-/m1/s1. The van der Waals surface area contributed by atoms with Crippen molar-refractivity contribution in [1.29, 1.82) is 0 Å². The fraction of sp³-hybridized carbons (Fsp3) is 0.636. The van der Waals surface area contributed by atoms with Crippen molar-refractivity contribution in [2.24, 2.45) is 11.8 Å². The average Bonchev–Trinajstić information content (AvgIpc) is 2.56. The molecular weight excluding hydrogens is 329 g/mol. The lowest BCUT2D eigenvalue weighted by molar-refractivity contribution is 0.173. The van der Waals surface area contributed by atoms with Crippen LogP contribution in [-0.2, 0) is 13.0 Å². The van der Waals surface area contributed by atoms with E-state index in [1.165, 1.54) is 35.1 Å². The number of benzene rings is 1. The van der Waals surface area contributed by atoms with E-state index in [9.17, 15) is 3.89 Å². The second kappa shape index (κ2) is 9.78. The van der Waals surface area contributed by atoms with E-state index in [2.05, 4.69) is 51.3 Å². The third kappa shape index (κ3) is 5.86. The fourth-order valence-electron chi connectivity index (χ4n) is 4.09. The summed E-state index contributed by atoms with van der Waals surface area (Å²) in [5.74, 6) is 1.68. The molecule has 1 aromatic carbocycles. The highest BCUT2D eigenvalue weighted by atomic mass is 32.2. The number of aryl methyl sites for hydroxylation is 2. The molecule has 25 heavy (non-hydrogen) atoms. The van der Waals surface area contributed by atoms with Crippen LogP contribution < -0.4 is 0 Å². The topological polar surface area (TPSA) is 3.24 Å². The van der Waals surface area contributed by atoms with Gasteiger partial charge in [0.2, 0.25) is 0 Å². The molecule has 1 aromatic rings. The number of hydrogen-bond donors (Lipinski definition) is 0. The zero-order valence-corrected chi connectivity index (χ0v) is 17.2. The normalized spacial score (nSPS) is 17.2. The summed E-state index contributed by atoms with van der Waals surface area (Å²) in [4.78, 5) is 2.63. The van der Waals surface area contributed by atoms with Crippen molar-refractivity contribution in [3.05, 3.63) is 46.5 Å². The maximum Gasteiger partial charge on any atom is 0.0487 e. The number of nitrogens with zero attached hydrogens (tertiary/aromatic N) is 1.